The van der Waals surface area contributed by atoms with Crippen molar-refractivity contribution in [1.29, 1.82) is 0 Å². The number of aromatic nitrogens is 3. The molecular weight excluding hydrogens is 366 g/mol. The summed E-state index contributed by atoms with van der Waals surface area (Å²) in [4.78, 5) is 26.2. The van der Waals surface area contributed by atoms with Crippen LogP contribution in [0, 0.1) is 0 Å². The van der Waals surface area contributed by atoms with E-state index in [9.17, 15) is 9.59 Å². The first-order valence-electron chi connectivity index (χ1n) is 10.5. The SMILES string of the molecule is O=C1CCC(c2nn(C3CCCCO3)c3ccc(-c4cc[nH]c(=O)c4)cc23)CC1. The van der Waals surface area contributed by atoms with Gasteiger partial charge >= 0.3 is 0 Å². The molecule has 2 aliphatic rings. The molecule has 0 spiro atoms. The van der Waals surface area contributed by atoms with Crippen LogP contribution in [0.15, 0.2) is 41.3 Å². The number of rotatable bonds is 3. The lowest BCUT2D eigenvalue weighted by atomic mass is 9.85. The average molecular weight is 391 g/mol. The third-order valence-corrected chi connectivity index (χ3v) is 6.20. The maximum absolute atomic E-state index is 11.8. The maximum Gasteiger partial charge on any atom is 0.248 e. The number of carbonyl (C=O) groups is 1. The number of benzene rings is 1. The first-order chi connectivity index (χ1) is 14.2. The largest absolute Gasteiger partial charge is 0.356 e. The van der Waals surface area contributed by atoms with Crippen LogP contribution >= 0.6 is 0 Å². The van der Waals surface area contributed by atoms with Crippen LogP contribution in [0.5, 0.6) is 0 Å². The van der Waals surface area contributed by atoms with Gasteiger partial charge in [0.2, 0.25) is 5.56 Å². The summed E-state index contributed by atoms with van der Waals surface area (Å²) in [7, 11) is 0. The molecule has 2 fully saturated rings. The topological polar surface area (TPSA) is 77.0 Å². The Morgan fingerprint density at radius 2 is 1.83 bits per heavy atom. The quantitative estimate of drug-likeness (QED) is 0.721. The van der Waals surface area contributed by atoms with Crippen molar-refractivity contribution in [2.45, 2.75) is 57.1 Å². The summed E-state index contributed by atoms with van der Waals surface area (Å²) in [6, 6.07) is 9.81. The van der Waals surface area contributed by atoms with Gasteiger partial charge in [0.05, 0.1) is 11.2 Å². The Morgan fingerprint density at radius 3 is 2.59 bits per heavy atom. The summed E-state index contributed by atoms with van der Waals surface area (Å²) in [5, 5.41) is 6.13. The molecule has 1 aromatic carbocycles. The molecule has 6 heteroatoms. The number of fused-ring (bicyclic) bond motifs is 1. The Kier molecular flexibility index (Phi) is 4.79. The number of carbonyl (C=O) groups excluding carboxylic acids is 1. The Hall–Kier alpha value is -2.73. The summed E-state index contributed by atoms with van der Waals surface area (Å²) in [5.74, 6) is 0.638. The van der Waals surface area contributed by atoms with E-state index in [1.807, 2.05) is 16.8 Å². The Bertz CT molecular complexity index is 1100. The number of pyridine rings is 1. The van der Waals surface area contributed by atoms with E-state index in [2.05, 4.69) is 17.1 Å². The van der Waals surface area contributed by atoms with Crippen LogP contribution in [0.4, 0.5) is 0 Å². The summed E-state index contributed by atoms with van der Waals surface area (Å²) in [6.07, 6.45) is 7.82. The number of aromatic amines is 1. The summed E-state index contributed by atoms with van der Waals surface area (Å²) in [5.41, 5.74) is 3.91. The summed E-state index contributed by atoms with van der Waals surface area (Å²) in [6.45, 7) is 0.768. The molecule has 3 heterocycles. The van der Waals surface area contributed by atoms with Gasteiger partial charge in [-0.1, -0.05) is 6.07 Å². The zero-order chi connectivity index (χ0) is 19.8. The molecule has 29 heavy (non-hydrogen) atoms. The lowest BCUT2D eigenvalue weighted by Crippen LogP contribution is -2.19. The van der Waals surface area contributed by atoms with Crippen molar-refractivity contribution in [2.75, 3.05) is 6.61 Å². The molecule has 1 aliphatic carbocycles. The van der Waals surface area contributed by atoms with Gasteiger partial charge in [0.1, 0.15) is 5.78 Å². The Labute approximate surface area is 168 Å². The molecule has 5 rings (SSSR count). The highest BCUT2D eigenvalue weighted by Gasteiger charge is 2.27. The second-order valence-electron chi connectivity index (χ2n) is 8.14. The molecule has 1 atom stereocenters. The molecule has 1 N–H and O–H groups in total. The van der Waals surface area contributed by atoms with E-state index < -0.39 is 0 Å². The Balaban J connectivity index is 1.63. The van der Waals surface area contributed by atoms with E-state index in [1.54, 1.807) is 12.3 Å². The minimum atomic E-state index is -0.111. The number of hydrogen-bond donors (Lipinski definition) is 1. The van der Waals surface area contributed by atoms with Gasteiger partial charge in [-0.15, -0.1) is 0 Å². The van der Waals surface area contributed by atoms with Crippen molar-refractivity contribution in [1.82, 2.24) is 14.8 Å². The lowest BCUT2D eigenvalue weighted by Gasteiger charge is -2.24. The monoisotopic (exact) mass is 391 g/mol. The third-order valence-electron chi connectivity index (χ3n) is 6.20. The minimum Gasteiger partial charge on any atom is -0.356 e. The van der Waals surface area contributed by atoms with E-state index in [0.29, 0.717) is 18.6 Å². The molecule has 1 saturated heterocycles. The smallest absolute Gasteiger partial charge is 0.248 e. The fourth-order valence-electron chi connectivity index (χ4n) is 4.62. The molecule has 1 aliphatic heterocycles. The van der Waals surface area contributed by atoms with E-state index in [-0.39, 0.29) is 17.7 Å². The van der Waals surface area contributed by atoms with Gasteiger partial charge in [-0.2, -0.15) is 5.10 Å². The van der Waals surface area contributed by atoms with Gasteiger partial charge in [0.15, 0.2) is 6.23 Å². The standard InChI is InChI=1S/C23H25N3O3/c27-18-7-4-15(5-8-18)23-19-13-16(17-10-11-24-21(28)14-17)6-9-20(19)26(25-23)22-3-1-2-12-29-22/h6,9-11,13-15,22H,1-5,7-8,12H2,(H,24,28). The Morgan fingerprint density at radius 1 is 1.00 bits per heavy atom. The van der Waals surface area contributed by atoms with Crippen molar-refractivity contribution in [2.24, 2.45) is 0 Å². The number of Topliss-reactive ketones (excluding diaryl/α,β-unsaturated/α-hetero) is 1. The van der Waals surface area contributed by atoms with Crippen LogP contribution in [0.2, 0.25) is 0 Å². The molecule has 1 unspecified atom stereocenters. The van der Waals surface area contributed by atoms with Crippen molar-refractivity contribution in [3.05, 3.63) is 52.6 Å². The predicted octanol–water partition coefficient (Wildman–Crippen LogP) is 4.32. The molecular formula is C23H25N3O3. The van der Waals surface area contributed by atoms with Gasteiger partial charge in [-0.25, -0.2) is 4.68 Å². The molecule has 6 nitrogen and oxygen atoms in total. The first kappa shape index (κ1) is 18.3. The van der Waals surface area contributed by atoms with Crippen molar-refractivity contribution in [3.8, 4) is 11.1 Å². The molecule has 150 valence electrons. The van der Waals surface area contributed by atoms with Crippen LogP contribution in [0.25, 0.3) is 22.0 Å². The minimum absolute atomic E-state index is 0.0318. The summed E-state index contributed by atoms with van der Waals surface area (Å²) >= 11 is 0. The normalized spacial score (nSPS) is 21.0. The van der Waals surface area contributed by atoms with Gasteiger partial charge in [0.25, 0.3) is 0 Å². The third kappa shape index (κ3) is 3.53. The first-order valence-corrected chi connectivity index (χ1v) is 10.5. The van der Waals surface area contributed by atoms with Gasteiger partial charge in [-0.05, 0) is 61.4 Å². The molecule has 3 aromatic rings. The molecule has 0 amide bonds. The zero-order valence-electron chi connectivity index (χ0n) is 16.4. The van der Waals surface area contributed by atoms with Crippen LogP contribution in [-0.2, 0) is 9.53 Å². The average Bonchev–Trinajstić information content (AvgIpc) is 3.14. The fraction of sp³-hybridized carbons (Fsp3) is 0.435. The number of hydrogen-bond acceptors (Lipinski definition) is 4. The second-order valence-corrected chi connectivity index (χ2v) is 8.14. The second kappa shape index (κ2) is 7.59. The molecule has 0 radical (unpaired) electrons. The molecule has 2 aromatic heterocycles. The fourth-order valence-corrected chi connectivity index (χ4v) is 4.62. The number of H-pyrrole nitrogens is 1. The molecule has 0 bridgehead atoms. The van der Waals surface area contributed by atoms with E-state index >= 15 is 0 Å². The van der Waals surface area contributed by atoms with E-state index in [1.165, 1.54) is 0 Å². The highest BCUT2D eigenvalue weighted by molar-refractivity contribution is 5.88. The number of ether oxygens (including phenoxy) is 1. The summed E-state index contributed by atoms with van der Waals surface area (Å²) < 4.78 is 8.06. The zero-order valence-corrected chi connectivity index (χ0v) is 16.4. The van der Waals surface area contributed by atoms with Gasteiger partial charge in [0, 0.05) is 43.0 Å². The lowest BCUT2D eigenvalue weighted by molar-refractivity contribution is -0.120. The molecule has 1 saturated carbocycles. The van der Waals surface area contributed by atoms with Crippen molar-refractivity contribution < 1.29 is 9.53 Å². The highest BCUT2D eigenvalue weighted by atomic mass is 16.5. The predicted molar refractivity (Wildman–Crippen MR) is 111 cm³/mol. The van der Waals surface area contributed by atoms with Gasteiger partial charge < -0.3 is 9.72 Å². The van der Waals surface area contributed by atoms with Crippen LogP contribution in [0.3, 0.4) is 0 Å². The van der Waals surface area contributed by atoms with E-state index in [0.717, 1.165) is 66.4 Å². The van der Waals surface area contributed by atoms with Crippen molar-refractivity contribution in [3.63, 3.8) is 0 Å². The van der Waals surface area contributed by atoms with Crippen molar-refractivity contribution >= 4 is 16.7 Å². The highest BCUT2D eigenvalue weighted by Crippen LogP contribution is 2.38. The van der Waals surface area contributed by atoms with Crippen LogP contribution < -0.4 is 5.56 Å². The number of nitrogens with zero attached hydrogens (tertiary/aromatic N) is 2. The van der Waals surface area contributed by atoms with Crippen LogP contribution in [0.1, 0.15) is 62.8 Å². The number of ketones is 1. The number of nitrogens with one attached hydrogen (secondary N) is 1. The van der Waals surface area contributed by atoms with Crippen LogP contribution in [-0.4, -0.2) is 27.2 Å². The van der Waals surface area contributed by atoms with Gasteiger partial charge in [-0.3, -0.25) is 9.59 Å². The maximum atomic E-state index is 11.8. The van der Waals surface area contributed by atoms with E-state index in [4.69, 9.17) is 9.84 Å².